The molecule has 1 aliphatic rings. The monoisotopic (exact) mass is 460 g/mol. The molecule has 5 aromatic carbocycles. The van der Waals surface area contributed by atoms with Gasteiger partial charge in [-0.1, -0.05) is 86.6 Å². The standard InChI is InChI=1S/C34H24N2/c1-34(2)25-15-6-4-10-19(25)24-18-28-30-29-21(12-9-17-27(29)35(3)33(30)31(24)34)23-14-8-13-22-20-11-5-7-16-26(20)36(28)32(22)23/h4-18H,1-3H3. The summed E-state index contributed by atoms with van der Waals surface area (Å²) in [7, 11) is 2.26. The van der Waals surface area contributed by atoms with E-state index in [0.717, 1.165) is 0 Å². The summed E-state index contributed by atoms with van der Waals surface area (Å²) in [5.41, 5.74) is 12.1. The van der Waals surface area contributed by atoms with Crippen molar-refractivity contribution < 1.29 is 0 Å². The number of para-hydroxylation sites is 2. The summed E-state index contributed by atoms with van der Waals surface area (Å²) >= 11 is 0. The van der Waals surface area contributed by atoms with Crippen molar-refractivity contribution >= 4 is 59.9 Å². The molecule has 2 nitrogen and oxygen atoms in total. The van der Waals surface area contributed by atoms with E-state index >= 15 is 0 Å². The molecule has 9 rings (SSSR count). The highest BCUT2D eigenvalue weighted by Gasteiger charge is 2.39. The molecule has 3 aromatic heterocycles. The average Bonchev–Trinajstić information content (AvgIpc) is 3.44. The maximum atomic E-state index is 2.55. The summed E-state index contributed by atoms with van der Waals surface area (Å²) < 4.78 is 5.01. The van der Waals surface area contributed by atoms with Gasteiger partial charge in [0.1, 0.15) is 0 Å². The van der Waals surface area contributed by atoms with Crippen LogP contribution in [0.25, 0.3) is 71.0 Å². The van der Waals surface area contributed by atoms with Crippen molar-refractivity contribution in [2.45, 2.75) is 19.3 Å². The van der Waals surface area contributed by atoms with Gasteiger partial charge in [0.15, 0.2) is 0 Å². The van der Waals surface area contributed by atoms with Gasteiger partial charge < -0.3 is 8.97 Å². The van der Waals surface area contributed by atoms with Gasteiger partial charge in [0, 0.05) is 44.9 Å². The van der Waals surface area contributed by atoms with Gasteiger partial charge in [-0.3, -0.25) is 0 Å². The minimum absolute atomic E-state index is 0.0695. The zero-order valence-corrected chi connectivity index (χ0v) is 20.6. The Kier molecular flexibility index (Phi) is 3.11. The highest BCUT2D eigenvalue weighted by atomic mass is 15.0. The van der Waals surface area contributed by atoms with Crippen molar-refractivity contribution in [2.24, 2.45) is 7.05 Å². The highest BCUT2D eigenvalue weighted by molar-refractivity contribution is 6.32. The summed E-state index contributed by atoms with van der Waals surface area (Å²) in [6, 6.07) is 34.1. The van der Waals surface area contributed by atoms with Crippen molar-refractivity contribution in [1.82, 2.24) is 8.97 Å². The Morgan fingerprint density at radius 2 is 1.22 bits per heavy atom. The Morgan fingerprint density at radius 3 is 2.11 bits per heavy atom. The van der Waals surface area contributed by atoms with Gasteiger partial charge in [0.05, 0.1) is 22.1 Å². The number of aryl methyl sites for hydroxylation is 1. The van der Waals surface area contributed by atoms with Crippen LogP contribution in [0, 0.1) is 0 Å². The molecule has 0 unspecified atom stereocenters. The number of hydrogen-bond acceptors (Lipinski definition) is 0. The largest absolute Gasteiger partial charge is 0.343 e. The zero-order chi connectivity index (χ0) is 23.9. The maximum absolute atomic E-state index is 2.55. The van der Waals surface area contributed by atoms with E-state index in [4.69, 9.17) is 0 Å². The van der Waals surface area contributed by atoms with Crippen LogP contribution < -0.4 is 0 Å². The Bertz CT molecular complexity index is 2240. The van der Waals surface area contributed by atoms with Crippen LogP contribution >= 0.6 is 0 Å². The van der Waals surface area contributed by atoms with E-state index in [1.54, 1.807) is 0 Å². The van der Waals surface area contributed by atoms with Gasteiger partial charge in [-0.2, -0.15) is 0 Å². The van der Waals surface area contributed by atoms with E-state index in [1.807, 2.05) is 0 Å². The Hall–Kier alpha value is -4.30. The molecule has 1 aliphatic carbocycles. The van der Waals surface area contributed by atoms with Crippen LogP contribution in [0.3, 0.4) is 0 Å². The predicted octanol–water partition coefficient (Wildman–Crippen LogP) is 8.79. The number of hydrogen-bond donors (Lipinski definition) is 0. The van der Waals surface area contributed by atoms with Crippen molar-refractivity contribution in [3.8, 4) is 11.1 Å². The molecule has 0 aliphatic heterocycles. The van der Waals surface area contributed by atoms with Crippen molar-refractivity contribution in [2.75, 3.05) is 0 Å². The van der Waals surface area contributed by atoms with Gasteiger partial charge in [-0.05, 0) is 45.8 Å². The third-order valence-corrected chi connectivity index (χ3v) is 9.01. The fourth-order valence-electron chi connectivity index (χ4n) is 7.57. The van der Waals surface area contributed by atoms with Crippen LogP contribution in [0.2, 0.25) is 0 Å². The summed E-state index contributed by atoms with van der Waals surface area (Å²) in [5, 5.41) is 8.04. The van der Waals surface area contributed by atoms with E-state index in [2.05, 4.69) is 121 Å². The Balaban J connectivity index is 1.73. The van der Waals surface area contributed by atoms with E-state index in [-0.39, 0.29) is 5.41 Å². The highest BCUT2D eigenvalue weighted by Crippen LogP contribution is 2.54. The smallest absolute Gasteiger partial charge is 0.0619 e. The fraction of sp³-hybridized carbons (Fsp3) is 0.118. The lowest BCUT2D eigenvalue weighted by Crippen LogP contribution is -2.16. The van der Waals surface area contributed by atoms with Gasteiger partial charge in [0.2, 0.25) is 0 Å². The molecule has 2 heteroatoms. The summed E-state index contributed by atoms with van der Waals surface area (Å²) in [5.74, 6) is 0. The molecule has 0 atom stereocenters. The maximum Gasteiger partial charge on any atom is 0.0619 e. The second-order valence-corrected chi connectivity index (χ2v) is 11.0. The van der Waals surface area contributed by atoms with Gasteiger partial charge in [-0.15, -0.1) is 0 Å². The van der Waals surface area contributed by atoms with Crippen LogP contribution in [0.5, 0.6) is 0 Å². The van der Waals surface area contributed by atoms with Crippen molar-refractivity contribution in [3.63, 3.8) is 0 Å². The van der Waals surface area contributed by atoms with Crippen LogP contribution in [0.15, 0.2) is 91.0 Å². The molecule has 0 N–H and O–H groups in total. The fourth-order valence-corrected chi connectivity index (χ4v) is 7.57. The molecule has 8 aromatic rings. The molecule has 0 saturated carbocycles. The lowest BCUT2D eigenvalue weighted by atomic mass is 9.81. The lowest BCUT2D eigenvalue weighted by molar-refractivity contribution is 0.662. The molecular weight excluding hydrogens is 436 g/mol. The first-order valence-corrected chi connectivity index (χ1v) is 12.8. The molecule has 0 amide bonds. The first-order valence-electron chi connectivity index (χ1n) is 12.8. The molecular formula is C34H24N2. The number of benzene rings is 5. The number of rotatable bonds is 0. The molecule has 0 radical (unpaired) electrons. The topological polar surface area (TPSA) is 9.34 Å². The minimum Gasteiger partial charge on any atom is -0.343 e. The number of nitrogens with zero attached hydrogens (tertiary/aromatic N) is 2. The zero-order valence-electron chi connectivity index (χ0n) is 20.6. The first kappa shape index (κ1) is 19.0. The van der Waals surface area contributed by atoms with Crippen LogP contribution in [0.1, 0.15) is 25.0 Å². The lowest BCUT2D eigenvalue weighted by Gasteiger charge is -2.23. The molecule has 170 valence electrons. The van der Waals surface area contributed by atoms with Crippen LogP contribution in [0.4, 0.5) is 0 Å². The van der Waals surface area contributed by atoms with E-state index in [0.29, 0.717) is 0 Å². The minimum atomic E-state index is -0.0695. The third-order valence-electron chi connectivity index (χ3n) is 9.01. The van der Waals surface area contributed by atoms with Crippen molar-refractivity contribution in [3.05, 3.63) is 102 Å². The third kappa shape index (κ3) is 1.89. The molecule has 36 heavy (non-hydrogen) atoms. The average molecular weight is 461 g/mol. The quantitative estimate of drug-likeness (QED) is 0.214. The molecule has 0 saturated heterocycles. The second-order valence-electron chi connectivity index (χ2n) is 11.0. The number of aromatic nitrogens is 2. The first-order chi connectivity index (χ1) is 17.6. The summed E-state index contributed by atoms with van der Waals surface area (Å²) in [6.07, 6.45) is 0. The summed E-state index contributed by atoms with van der Waals surface area (Å²) in [6.45, 7) is 4.79. The van der Waals surface area contributed by atoms with E-state index in [9.17, 15) is 0 Å². The normalized spacial score (nSPS) is 14.8. The van der Waals surface area contributed by atoms with Crippen LogP contribution in [-0.4, -0.2) is 8.97 Å². The predicted molar refractivity (Wildman–Crippen MR) is 153 cm³/mol. The van der Waals surface area contributed by atoms with E-state index < -0.39 is 0 Å². The van der Waals surface area contributed by atoms with Gasteiger partial charge in [0.25, 0.3) is 0 Å². The molecule has 0 spiro atoms. The Labute approximate surface area is 208 Å². The Morgan fingerprint density at radius 1 is 0.556 bits per heavy atom. The molecule has 3 heterocycles. The molecule has 0 fully saturated rings. The molecule has 0 bridgehead atoms. The summed E-state index contributed by atoms with van der Waals surface area (Å²) in [4.78, 5) is 0. The SMILES string of the molecule is Cn1c2cccc3c4cccc5c6ccccc6n(c6cc7c(c1c6c32)C(C)(C)c1ccccc1-7)c45. The van der Waals surface area contributed by atoms with E-state index in [1.165, 1.54) is 82.2 Å². The van der Waals surface area contributed by atoms with Crippen molar-refractivity contribution in [1.29, 1.82) is 0 Å². The van der Waals surface area contributed by atoms with Gasteiger partial charge >= 0.3 is 0 Å². The second kappa shape index (κ2) is 5.91. The number of fused-ring (bicyclic) bond motifs is 9. The van der Waals surface area contributed by atoms with Gasteiger partial charge in [-0.25, -0.2) is 0 Å². The van der Waals surface area contributed by atoms with Crippen LogP contribution in [-0.2, 0) is 12.5 Å².